The van der Waals surface area contributed by atoms with E-state index in [1.54, 1.807) is 0 Å². The largest absolute Gasteiger partial charge is 0.481 e. The lowest BCUT2D eigenvalue weighted by Gasteiger charge is -2.37. The van der Waals surface area contributed by atoms with E-state index in [0.29, 0.717) is 25.9 Å². The Morgan fingerprint density at radius 3 is 2.32 bits per heavy atom. The molecule has 0 radical (unpaired) electrons. The predicted molar refractivity (Wildman–Crippen MR) is 107 cm³/mol. The SMILES string of the molecule is Cc1cc(N2CCN(C(=O)NC3CCC(C(=O)O)CC3)CC2)nc(C(C)C)n1. The van der Waals surface area contributed by atoms with Crippen molar-refractivity contribution in [2.45, 2.75) is 58.4 Å². The molecule has 2 amide bonds. The molecule has 2 heterocycles. The summed E-state index contributed by atoms with van der Waals surface area (Å²) < 4.78 is 0. The van der Waals surface area contributed by atoms with Crippen LogP contribution >= 0.6 is 0 Å². The number of nitrogens with one attached hydrogen (secondary N) is 1. The van der Waals surface area contributed by atoms with Gasteiger partial charge in [-0.15, -0.1) is 0 Å². The van der Waals surface area contributed by atoms with E-state index in [2.05, 4.69) is 34.0 Å². The van der Waals surface area contributed by atoms with Crippen LogP contribution in [0.25, 0.3) is 0 Å². The first-order valence-electron chi connectivity index (χ1n) is 10.2. The normalized spacial score (nSPS) is 23.0. The van der Waals surface area contributed by atoms with Crippen molar-refractivity contribution in [2.75, 3.05) is 31.1 Å². The molecule has 1 saturated heterocycles. The molecule has 0 atom stereocenters. The summed E-state index contributed by atoms with van der Waals surface area (Å²) in [6.07, 6.45) is 2.75. The molecule has 3 rings (SSSR count). The molecular weight excluding hydrogens is 358 g/mol. The van der Waals surface area contributed by atoms with Crippen molar-refractivity contribution in [2.24, 2.45) is 5.92 Å². The Labute approximate surface area is 166 Å². The second-order valence-corrected chi connectivity index (χ2v) is 8.19. The highest BCUT2D eigenvalue weighted by molar-refractivity contribution is 5.75. The number of aromatic nitrogens is 2. The molecule has 28 heavy (non-hydrogen) atoms. The predicted octanol–water partition coefficient (Wildman–Crippen LogP) is 2.38. The van der Waals surface area contributed by atoms with Crippen molar-refractivity contribution >= 4 is 17.8 Å². The minimum atomic E-state index is -0.721. The van der Waals surface area contributed by atoms with Gasteiger partial charge in [-0.2, -0.15) is 0 Å². The number of rotatable bonds is 4. The highest BCUT2D eigenvalue weighted by atomic mass is 16.4. The standard InChI is InChI=1S/C20H31N5O3/c1-13(2)18-21-14(3)12-17(23-18)24-8-10-25(11-9-24)20(28)22-16-6-4-15(5-7-16)19(26)27/h12-13,15-16H,4-11H2,1-3H3,(H,22,28)(H,26,27). The van der Waals surface area contributed by atoms with Gasteiger partial charge >= 0.3 is 12.0 Å². The van der Waals surface area contributed by atoms with Crippen LogP contribution < -0.4 is 10.2 Å². The maximum absolute atomic E-state index is 12.6. The molecule has 2 fully saturated rings. The number of carbonyl (C=O) groups is 2. The third-order valence-electron chi connectivity index (χ3n) is 5.67. The second kappa shape index (κ2) is 8.75. The third-order valence-corrected chi connectivity index (χ3v) is 5.67. The molecule has 8 heteroatoms. The molecule has 8 nitrogen and oxygen atoms in total. The van der Waals surface area contributed by atoms with Crippen molar-refractivity contribution in [1.29, 1.82) is 0 Å². The zero-order valence-electron chi connectivity index (χ0n) is 17.0. The van der Waals surface area contributed by atoms with Gasteiger partial charge in [-0.1, -0.05) is 13.8 Å². The lowest BCUT2D eigenvalue weighted by Crippen LogP contribution is -2.54. The minimum absolute atomic E-state index is 0.0415. The third kappa shape index (κ3) is 4.91. The van der Waals surface area contributed by atoms with Crippen LogP contribution in [-0.2, 0) is 4.79 Å². The van der Waals surface area contributed by atoms with Gasteiger partial charge in [0.1, 0.15) is 11.6 Å². The Bertz CT molecular complexity index is 708. The van der Waals surface area contributed by atoms with E-state index >= 15 is 0 Å². The van der Waals surface area contributed by atoms with Crippen molar-refractivity contribution in [1.82, 2.24) is 20.2 Å². The van der Waals surface area contributed by atoms with Crippen LogP contribution in [0.1, 0.15) is 57.0 Å². The number of hydrogen-bond donors (Lipinski definition) is 2. The van der Waals surface area contributed by atoms with Gasteiger partial charge in [-0.25, -0.2) is 14.8 Å². The van der Waals surface area contributed by atoms with Gasteiger partial charge in [-0.3, -0.25) is 4.79 Å². The maximum atomic E-state index is 12.6. The van der Waals surface area contributed by atoms with Crippen LogP contribution in [0.4, 0.5) is 10.6 Å². The number of hydrogen-bond acceptors (Lipinski definition) is 5. The number of carbonyl (C=O) groups excluding carboxylic acids is 1. The number of amides is 2. The van der Waals surface area contributed by atoms with Gasteiger partial charge in [0.15, 0.2) is 0 Å². The van der Waals surface area contributed by atoms with E-state index < -0.39 is 5.97 Å². The van der Waals surface area contributed by atoms with Crippen LogP contribution in [0.5, 0.6) is 0 Å². The molecule has 1 aliphatic heterocycles. The quantitative estimate of drug-likeness (QED) is 0.820. The van der Waals surface area contributed by atoms with E-state index in [1.807, 2.05) is 17.9 Å². The average molecular weight is 390 g/mol. The molecule has 1 saturated carbocycles. The molecule has 0 spiro atoms. The molecule has 0 aromatic carbocycles. The first-order valence-corrected chi connectivity index (χ1v) is 10.2. The molecule has 1 aromatic heterocycles. The van der Waals surface area contributed by atoms with Gasteiger partial charge in [-0.05, 0) is 32.6 Å². The summed E-state index contributed by atoms with van der Waals surface area (Å²) in [4.78, 5) is 36.9. The number of piperazine rings is 1. The topological polar surface area (TPSA) is 98.7 Å². The lowest BCUT2D eigenvalue weighted by atomic mass is 9.86. The van der Waals surface area contributed by atoms with Crippen molar-refractivity contribution in [3.63, 3.8) is 0 Å². The Hall–Kier alpha value is -2.38. The zero-order chi connectivity index (χ0) is 20.3. The Morgan fingerprint density at radius 1 is 1.11 bits per heavy atom. The molecule has 1 aromatic rings. The van der Waals surface area contributed by atoms with Crippen molar-refractivity contribution in [3.05, 3.63) is 17.6 Å². The number of carboxylic acids is 1. The summed E-state index contributed by atoms with van der Waals surface area (Å²) in [6, 6.07) is 2.04. The summed E-state index contributed by atoms with van der Waals surface area (Å²) in [5, 5.41) is 12.2. The van der Waals surface area contributed by atoms with Crippen LogP contribution in [0, 0.1) is 12.8 Å². The number of aliphatic carboxylic acids is 1. The van der Waals surface area contributed by atoms with Gasteiger partial charge in [0.05, 0.1) is 5.92 Å². The highest BCUT2D eigenvalue weighted by Crippen LogP contribution is 2.25. The fourth-order valence-corrected chi connectivity index (χ4v) is 3.88. The number of nitrogens with zero attached hydrogens (tertiary/aromatic N) is 4. The zero-order valence-corrected chi connectivity index (χ0v) is 17.0. The maximum Gasteiger partial charge on any atom is 0.317 e. The van der Waals surface area contributed by atoms with Crippen LogP contribution in [0.15, 0.2) is 6.07 Å². The number of aryl methyl sites for hydroxylation is 1. The summed E-state index contributed by atoms with van der Waals surface area (Å²) in [7, 11) is 0. The summed E-state index contributed by atoms with van der Waals surface area (Å²) >= 11 is 0. The summed E-state index contributed by atoms with van der Waals surface area (Å²) in [5.41, 5.74) is 0.964. The van der Waals surface area contributed by atoms with Gasteiger partial charge < -0.3 is 20.2 Å². The van der Waals surface area contributed by atoms with Crippen molar-refractivity contribution < 1.29 is 14.7 Å². The van der Waals surface area contributed by atoms with Crippen LogP contribution in [-0.4, -0.2) is 64.2 Å². The van der Waals surface area contributed by atoms with E-state index in [0.717, 1.165) is 43.3 Å². The van der Waals surface area contributed by atoms with E-state index in [4.69, 9.17) is 5.11 Å². The molecule has 2 N–H and O–H groups in total. The number of carboxylic acid groups (broad SMARTS) is 1. The molecule has 0 unspecified atom stereocenters. The second-order valence-electron chi connectivity index (χ2n) is 8.19. The van der Waals surface area contributed by atoms with E-state index in [1.165, 1.54) is 0 Å². The fourth-order valence-electron chi connectivity index (χ4n) is 3.88. The number of urea groups is 1. The molecule has 154 valence electrons. The molecular formula is C20H31N5O3. The Balaban J connectivity index is 1.50. The Morgan fingerprint density at radius 2 is 1.75 bits per heavy atom. The average Bonchev–Trinajstić information content (AvgIpc) is 2.68. The highest BCUT2D eigenvalue weighted by Gasteiger charge is 2.29. The molecule has 1 aliphatic carbocycles. The number of anilines is 1. The first-order chi connectivity index (χ1) is 13.3. The minimum Gasteiger partial charge on any atom is -0.481 e. The summed E-state index contributed by atoms with van der Waals surface area (Å²) in [5.74, 6) is 1.09. The van der Waals surface area contributed by atoms with Gasteiger partial charge in [0.25, 0.3) is 0 Å². The van der Waals surface area contributed by atoms with Gasteiger partial charge in [0, 0.05) is 49.9 Å². The lowest BCUT2D eigenvalue weighted by molar-refractivity contribution is -0.142. The first kappa shape index (κ1) is 20.4. The van der Waals surface area contributed by atoms with Gasteiger partial charge in [0.2, 0.25) is 0 Å². The smallest absolute Gasteiger partial charge is 0.317 e. The van der Waals surface area contributed by atoms with E-state index in [9.17, 15) is 9.59 Å². The monoisotopic (exact) mass is 389 g/mol. The summed E-state index contributed by atoms with van der Waals surface area (Å²) in [6.45, 7) is 8.95. The Kier molecular flexibility index (Phi) is 6.36. The van der Waals surface area contributed by atoms with E-state index in [-0.39, 0.29) is 23.9 Å². The van der Waals surface area contributed by atoms with Crippen LogP contribution in [0.3, 0.4) is 0 Å². The van der Waals surface area contributed by atoms with Crippen LogP contribution in [0.2, 0.25) is 0 Å². The molecule has 0 bridgehead atoms. The molecule has 2 aliphatic rings. The van der Waals surface area contributed by atoms with Crippen molar-refractivity contribution in [3.8, 4) is 0 Å². The fraction of sp³-hybridized carbons (Fsp3) is 0.700.